The molecule has 20 heavy (non-hydrogen) atoms. The summed E-state index contributed by atoms with van der Waals surface area (Å²) in [6.45, 7) is 1.88. The van der Waals surface area contributed by atoms with E-state index in [0.29, 0.717) is 26.3 Å². The molecule has 0 fully saturated rings. The van der Waals surface area contributed by atoms with Gasteiger partial charge in [0.15, 0.2) is 0 Å². The number of benzene rings is 2. The van der Waals surface area contributed by atoms with E-state index in [2.05, 4.69) is 21.2 Å². The van der Waals surface area contributed by atoms with Crippen LogP contribution in [0.15, 0.2) is 34.8 Å². The molecule has 0 saturated heterocycles. The van der Waals surface area contributed by atoms with Crippen LogP contribution in [0.4, 0.5) is 5.69 Å². The summed E-state index contributed by atoms with van der Waals surface area (Å²) in [5, 5.41) is 4.15. The van der Waals surface area contributed by atoms with Gasteiger partial charge >= 0.3 is 0 Å². The van der Waals surface area contributed by atoms with Crippen LogP contribution in [0.3, 0.4) is 0 Å². The molecule has 104 valence electrons. The number of hydrogen-bond acceptors (Lipinski definition) is 1. The second-order valence-electron chi connectivity index (χ2n) is 4.19. The lowest BCUT2D eigenvalue weighted by Gasteiger charge is -2.10. The molecule has 1 amide bonds. The smallest absolute Gasteiger partial charge is 0.255 e. The van der Waals surface area contributed by atoms with E-state index in [0.717, 1.165) is 10.0 Å². The first kappa shape index (κ1) is 15.6. The van der Waals surface area contributed by atoms with E-state index in [1.165, 1.54) is 0 Å². The summed E-state index contributed by atoms with van der Waals surface area (Å²) in [6.07, 6.45) is 0. The number of carbonyl (C=O) groups is 1. The Labute approximate surface area is 140 Å². The average molecular weight is 393 g/mol. The molecule has 0 radical (unpaired) electrons. The van der Waals surface area contributed by atoms with Crippen LogP contribution < -0.4 is 5.32 Å². The van der Waals surface area contributed by atoms with Crippen molar-refractivity contribution in [3.05, 3.63) is 61.0 Å². The highest BCUT2D eigenvalue weighted by atomic mass is 79.9. The van der Waals surface area contributed by atoms with Gasteiger partial charge in [0.25, 0.3) is 5.91 Å². The summed E-state index contributed by atoms with van der Waals surface area (Å²) in [6, 6.07) is 8.19. The van der Waals surface area contributed by atoms with Gasteiger partial charge in [-0.1, -0.05) is 34.8 Å². The molecule has 1 N–H and O–H groups in total. The molecule has 0 aliphatic rings. The third-order valence-electron chi connectivity index (χ3n) is 2.62. The van der Waals surface area contributed by atoms with Crippen LogP contribution in [0.25, 0.3) is 0 Å². The van der Waals surface area contributed by atoms with Crippen LogP contribution in [0.2, 0.25) is 15.1 Å². The maximum Gasteiger partial charge on any atom is 0.255 e. The Hall–Kier alpha value is -0.740. The van der Waals surface area contributed by atoms with Gasteiger partial charge in [0.05, 0.1) is 5.69 Å². The fourth-order valence-corrected chi connectivity index (χ4v) is 2.87. The normalized spacial score (nSPS) is 10.4. The molecule has 2 aromatic carbocycles. The average Bonchev–Trinajstić information content (AvgIpc) is 2.34. The van der Waals surface area contributed by atoms with Crippen molar-refractivity contribution in [3.63, 3.8) is 0 Å². The van der Waals surface area contributed by atoms with Gasteiger partial charge in [0.1, 0.15) is 0 Å². The molecule has 0 saturated carbocycles. The number of anilines is 1. The third kappa shape index (κ3) is 3.67. The van der Waals surface area contributed by atoms with Crippen LogP contribution in [0.5, 0.6) is 0 Å². The molecule has 0 unspecified atom stereocenters. The Bertz CT molecular complexity index is 668. The molecule has 0 atom stereocenters. The Kier molecular flexibility index (Phi) is 4.97. The summed E-state index contributed by atoms with van der Waals surface area (Å²) in [5.41, 5.74) is 1.88. The largest absolute Gasteiger partial charge is 0.321 e. The maximum absolute atomic E-state index is 12.2. The molecule has 0 aromatic heterocycles. The third-order valence-corrected chi connectivity index (χ3v) is 4.12. The Morgan fingerprint density at radius 1 is 1.05 bits per heavy atom. The topological polar surface area (TPSA) is 29.1 Å². The van der Waals surface area contributed by atoms with Gasteiger partial charge in [-0.05, 0) is 58.7 Å². The summed E-state index contributed by atoms with van der Waals surface area (Å²) in [4.78, 5) is 12.2. The lowest BCUT2D eigenvalue weighted by molar-refractivity contribution is 0.102. The van der Waals surface area contributed by atoms with E-state index in [9.17, 15) is 4.79 Å². The molecule has 0 aliphatic heterocycles. The molecule has 2 aromatic rings. The first-order valence-corrected chi connectivity index (χ1v) is 7.52. The molecule has 2 nitrogen and oxygen atoms in total. The van der Waals surface area contributed by atoms with Gasteiger partial charge in [0.2, 0.25) is 0 Å². The van der Waals surface area contributed by atoms with Crippen molar-refractivity contribution < 1.29 is 4.79 Å². The monoisotopic (exact) mass is 391 g/mol. The van der Waals surface area contributed by atoms with Gasteiger partial charge in [-0.25, -0.2) is 0 Å². The zero-order chi connectivity index (χ0) is 14.9. The van der Waals surface area contributed by atoms with Crippen molar-refractivity contribution in [1.82, 2.24) is 0 Å². The van der Waals surface area contributed by atoms with Gasteiger partial charge in [-0.3, -0.25) is 4.79 Å². The van der Waals surface area contributed by atoms with Crippen molar-refractivity contribution in [2.75, 3.05) is 5.32 Å². The number of amides is 1. The highest BCUT2D eigenvalue weighted by molar-refractivity contribution is 9.10. The summed E-state index contributed by atoms with van der Waals surface area (Å²) in [7, 11) is 0. The van der Waals surface area contributed by atoms with Crippen LogP contribution in [0, 0.1) is 6.92 Å². The van der Waals surface area contributed by atoms with Crippen molar-refractivity contribution in [3.8, 4) is 0 Å². The molecule has 0 bridgehead atoms. The molecular formula is C14H9BrCl3NO. The standard InChI is InChI=1S/C14H9BrCl3NO/c1-7-2-11(15)13(6-12(7)18)19-14(20)8-3-9(16)5-10(17)4-8/h2-6H,1H3,(H,19,20). The lowest BCUT2D eigenvalue weighted by atomic mass is 10.2. The maximum atomic E-state index is 12.2. The summed E-state index contributed by atoms with van der Waals surface area (Å²) < 4.78 is 0.751. The Morgan fingerprint density at radius 2 is 1.65 bits per heavy atom. The van der Waals surface area contributed by atoms with Crippen molar-refractivity contribution in [2.24, 2.45) is 0 Å². The fourth-order valence-electron chi connectivity index (χ4n) is 1.62. The first-order valence-electron chi connectivity index (χ1n) is 5.60. The van der Waals surface area contributed by atoms with Crippen molar-refractivity contribution in [2.45, 2.75) is 6.92 Å². The van der Waals surface area contributed by atoms with E-state index in [1.54, 1.807) is 24.3 Å². The minimum absolute atomic E-state index is 0.310. The van der Waals surface area contributed by atoms with Crippen LogP contribution in [0.1, 0.15) is 15.9 Å². The second kappa shape index (κ2) is 6.35. The number of halogens is 4. The van der Waals surface area contributed by atoms with Crippen LogP contribution >= 0.6 is 50.7 Å². The van der Waals surface area contributed by atoms with Gasteiger partial charge < -0.3 is 5.32 Å². The number of nitrogens with one attached hydrogen (secondary N) is 1. The number of hydrogen-bond donors (Lipinski definition) is 1. The summed E-state index contributed by atoms with van der Waals surface area (Å²) >= 11 is 21.2. The zero-order valence-electron chi connectivity index (χ0n) is 10.3. The molecular weight excluding hydrogens is 384 g/mol. The SMILES string of the molecule is Cc1cc(Br)c(NC(=O)c2cc(Cl)cc(Cl)c2)cc1Cl. The quantitative estimate of drug-likeness (QED) is 0.669. The molecule has 0 aliphatic carbocycles. The highest BCUT2D eigenvalue weighted by Crippen LogP contribution is 2.30. The fraction of sp³-hybridized carbons (Fsp3) is 0.0714. The van der Waals surface area contributed by atoms with E-state index >= 15 is 0 Å². The molecule has 6 heteroatoms. The summed E-state index contributed by atoms with van der Waals surface area (Å²) in [5.74, 6) is -0.310. The number of carbonyl (C=O) groups excluding carboxylic acids is 1. The number of rotatable bonds is 2. The Morgan fingerprint density at radius 3 is 2.25 bits per heavy atom. The van der Waals surface area contributed by atoms with E-state index in [-0.39, 0.29) is 5.91 Å². The van der Waals surface area contributed by atoms with Gasteiger partial charge in [-0.15, -0.1) is 0 Å². The minimum Gasteiger partial charge on any atom is -0.321 e. The molecule has 0 heterocycles. The van der Waals surface area contributed by atoms with E-state index < -0.39 is 0 Å². The number of aryl methyl sites for hydroxylation is 1. The first-order chi connectivity index (χ1) is 9.36. The Balaban J connectivity index is 2.30. The predicted molar refractivity (Wildman–Crippen MR) is 88.3 cm³/mol. The highest BCUT2D eigenvalue weighted by Gasteiger charge is 2.11. The van der Waals surface area contributed by atoms with E-state index in [1.807, 2.05) is 13.0 Å². The van der Waals surface area contributed by atoms with Crippen molar-refractivity contribution in [1.29, 1.82) is 0 Å². The van der Waals surface area contributed by atoms with Gasteiger partial charge in [-0.2, -0.15) is 0 Å². The molecule has 2 rings (SSSR count). The van der Waals surface area contributed by atoms with Gasteiger partial charge in [0, 0.05) is 25.1 Å². The predicted octanol–water partition coefficient (Wildman–Crippen LogP) is 5.97. The second-order valence-corrected chi connectivity index (χ2v) is 6.33. The molecule has 0 spiro atoms. The lowest BCUT2D eigenvalue weighted by Crippen LogP contribution is -2.12. The minimum atomic E-state index is -0.310. The van der Waals surface area contributed by atoms with Crippen molar-refractivity contribution >= 4 is 62.3 Å². The van der Waals surface area contributed by atoms with Crippen LogP contribution in [-0.2, 0) is 0 Å². The van der Waals surface area contributed by atoms with E-state index in [4.69, 9.17) is 34.8 Å². The van der Waals surface area contributed by atoms with Crippen LogP contribution in [-0.4, -0.2) is 5.91 Å². The zero-order valence-corrected chi connectivity index (χ0v) is 14.2.